The minimum atomic E-state index is 0.0895. The van der Waals surface area contributed by atoms with Gasteiger partial charge in [-0.1, -0.05) is 13.8 Å². The molecular formula is C11H20N2O2. The van der Waals surface area contributed by atoms with Crippen LogP contribution >= 0.6 is 0 Å². The van der Waals surface area contributed by atoms with Gasteiger partial charge in [0.25, 0.3) is 0 Å². The first-order chi connectivity index (χ1) is 7.00. The van der Waals surface area contributed by atoms with Gasteiger partial charge in [0.2, 0.25) is 5.91 Å². The van der Waals surface area contributed by atoms with Gasteiger partial charge in [-0.3, -0.25) is 14.5 Å². The van der Waals surface area contributed by atoms with Crippen molar-refractivity contribution in [3.05, 3.63) is 0 Å². The van der Waals surface area contributed by atoms with E-state index in [9.17, 15) is 9.59 Å². The zero-order valence-corrected chi connectivity index (χ0v) is 9.75. The molecule has 1 amide bonds. The van der Waals surface area contributed by atoms with Crippen LogP contribution in [0.5, 0.6) is 0 Å². The second-order valence-electron chi connectivity index (χ2n) is 4.54. The van der Waals surface area contributed by atoms with Gasteiger partial charge in [-0.25, -0.2) is 0 Å². The number of carbonyl (C=O) groups is 2. The smallest absolute Gasteiger partial charge is 0.221 e. The van der Waals surface area contributed by atoms with Gasteiger partial charge in [0.15, 0.2) is 0 Å². The van der Waals surface area contributed by atoms with E-state index in [1.165, 1.54) is 0 Å². The van der Waals surface area contributed by atoms with Crippen molar-refractivity contribution in [2.45, 2.75) is 33.2 Å². The fraction of sp³-hybridized carbons (Fsp3) is 0.818. The van der Waals surface area contributed by atoms with E-state index in [2.05, 4.69) is 24.1 Å². The maximum Gasteiger partial charge on any atom is 0.221 e. The van der Waals surface area contributed by atoms with Crippen molar-refractivity contribution in [1.29, 1.82) is 0 Å². The first kappa shape index (κ1) is 12.2. The average molecular weight is 212 g/mol. The number of nitrogens with one attached hydrogen (secondary N) is 1. The van der Waals surface area contributed by atoms with E-state index in [0.717, 1.165) is 0 Å². The Morgan fingerprint density at radius 1 is 1.60 bits per heavy atom. The average Bonchev–Trinajstić information content (AvgIpc) is 2.28. The van der Waals surface area contributed by atoms with Crippen molar-refractivity contribution in [1.82, 2.24) is 10.2 Å². The van der Waals surface area contributed by atoms with Crippen LogP contribution in [0.15, 0.2) is 0 Å². The van der Waals surface area contributed by atoms with Gasteiger partial charge < -0.3 is 5.32 Å². The predicted octanol–water partition coefficient (Wildman–Crippen LogP) is 0.422. The Morgan fingerprint density at radius 3 is 2.80 bits per heavy atom. The zero-order valence-electron chi connectivity index (χ0n) is 9.75. The van der Waals surface area contributed by atoms with Crippen LogP contribution in [0.4, 0.5) is 0 Å². The summed E-state index contributed by atoms with van der Waals surface area (Å²) in [6, 6.07) is 0.278. The lowest BCUT2D eigenvalue weighted by Gasteiger charge is -2.31. The molecule has 0 saturated carbocycles. The van der Waals surface area contributed by atoms with Gasteiger partial charge in [0.1, 0.15) is 5.78 Å². The van der Waals surface area contributed by atoms with Gasteiger partial charge in [-0.05, 0) is 12.8 Å². The van der Waals surface area contributed by atoms with Crippen LogP contribution in [0.3, 0.4) is 0 Å². The van der Waals surface area contributed by atoms with Crippen LogP contribution in [0.2, 0.25) is 0 Å². The number of nitrogens with zero attached hydrogens (tertiary/aromatic N) is 1. The molecule has 1 aliphatic rings. The molecule has 0 spiro atoms. The third-order valence-electron chi connectivity index (χ3n) is 2.80. The molecule has 1 N–H and O–H groups in total. The molecular weight excluding hydrogens is 192 g/mol. The van der Waals surface area contributed by atoms with Crippen molar-refractivity contribution in [3.63, 3.8) is 0 Å². The van der Waals surface area contributed by atoms with Crippen LogP contribution in [-0.2, 0) is 9.59 Å². The molecule has 1 rings (SSSR count). The molecule has 15 heavy (non-hydrogen) atoms. The predicted molar refractivity (Wildman–Crippen MR) is 58.5 cm³/mol. The quantitative estimate of drug-likeness (QED) is 0.737. The second-order valence-corrected chi connectivity index (χ2v) is 4.54. The van der Waals surface area contributed by atoms with Crippen LogP contribution in [-0.4, -0.2) is 42.3 Å². The van der Waals surface area contributed by atoms with Gasteiger partial charge in [0, 0.05) is 25.6 Å². The lowest BCUT2D eigenvalue weighted by molar-refractivity contribution is -0.121. The van der Waals surface area contributed by atoms with Crippen LogP contribution < -0.4 is 5.32 Å². The summed E-state index contributed by atoms with van der Waals surface area (Å²) in [5.74, 6) is 0.699. The monoisotopic (exact) mass is 212 g/mol. The standard InChI is InChI=1S/C11H20N2O2/c1-8(2)10-6-12-11(15)4-5-13(10)7-9(3)14/h8,10H,4-7H2,1-3H3,(H,12,15). The minimum absolute atomic E-state index is 0.0895. The van der Waals surface area contributed by atoms with Crippen LogP contribution in [0.1, 0.15) is 27.2 Å². The molecule has 1 heterocycles. The number of ketones is 1. The van der Waals surface area contributed by atoms with Crippen LogP contribution in [0.25, 0.3) is 0 Å². The topological polar surface area (TPSA) is 49.4 Å². The van der Waals surface area contributed by atoms with Gasteiger partial charge in [0.05, 0.1) is 6.54 Å². The normalized spacial score (nSPS) is 23.7. The van der Waals surface area contributed by atoms with E-state index >= 15 is 0 Å². The van der Waals surface area contributed by atoms with Crippen molar-refractivity contribution in [2.75, 3.05) is 19.6 Å². The lowest BCUT2D eigenvalue weighted by Crippen LogP contribution is -2.45. The maximum absolute atomic E-state index is 11.3. The molecule has 1 saturated heterocycles. The summed E-state index contributed by atoms with van der Waals surface area (Å²) in [4.78, 5) is 24.5. The maximum atomic E-state index is 11.3. The van der Waals surface area contributed by atoms with E-state index < -0.39 is 0 Å². The van der Waals surface area contributed by atoms with Gasteiger partial charge >= 0.3 is 0 Å². The highest BCUT2D eigenvalue weighted by Crippen LogP contribution is 2.13. The number of hydrogen-bond acceptors (Lipinski definition) is 3. The fourth-order valence-corrected chi connectivity index (χ4v) is 1.99. The van der Waals surface area contributed by atoms with Crippen molar-refractivity contribution < 1.29 is 9.59 Å². The first-order valence-corrected chi connectivity index (χ1v) is 5.51. The summed E-state index contributed by atoms with van der Waals surface area (Å²) >= 11 is 0. The molecule has 1 fully saturated rings. The summed E-state index contributed by atoms with van der Waals surface area (Å²) in [7, 11) is 0. The number of carbonyl (C=O) groups excluding carboxylic acids is 2. The van der Waals surface area contributed by atoms with Gasteiger partial charge in [-0.2, -0.15) is 0 Å². The Hall–Kier alpha value is -0.900. The van der Waals surface area contributed by atoms with E-state index in [1.54, 1.807) is 6.92 Å². The molecule has 0 aliphatic carbocycles. The SMILES string of the molecule is CC(=O)CN1CCC(=O)NCC1C(C)C. The summed E-state index contributed by atoms with van der Waals surface area (Å²) in [5.41, 5.74) is 0. The molecule has 0 bridgehead atoms. The molecule has 1 aliphatic heterocycles. The molecule has 4 nitrogen and oxygen atoms in total. The number of amides is 1. The third kappa shape index (κ3) is 3.63. The largest absolute Gasteiger partial charge is 0.354 e. The summed E-state index contributed by atoms with van der Waals surface area (Å²) in [6.45, 7) is 7.64. The highest BCUT2D eigenvalue weighted by atomic mass is 16.1. The second kappa shape index (κ2) is 5.26. The zero-order chi connectivity index (χ0) is 11.4. The Morgan fingerprint density at radius 2 is 2.27 bits per heavy atom. The molecule has 1 unspecified atom stereocenters. The molecule has 0 aromatic heterocycles. The molecule has 4 heteroatoms. The van der Waals surface area contributed by atoms with Gasteiger partial charge in [-0.15, -0.1) is 0 Å². The van der Waals surface area contributed by atoms with Crippen LogP contribution in [0, 0.1) is 5.92 Å². The Balaban J connectivity index is 2.68. The van der Waals surface area contributed by atoms with E-state index in [-0.39, 0.29) is 17.7 Å². The minimum Gasteiger partial charge on any atom is -0.354 e. The lowest BCUT2D eigenvalue weighted by atomic mass is 10.0. The fourth-order valence-electron chi connectivity index (χ4n) is 1.99. The van der Waals surface area contributed by atoms with Crippen molar-refractivity contribution in [3.8, 4) is 0 Å². The highest BCUT2D eigenvalue weighted by molar-refractivity contribution is 5.78. The third-order valence-corrected chi connectivity index (χ3v) is 2.80. The highest BCUT2D eigenvalue weighted by Gasteiger charge is 2.26. The van der Waals surface area contributed by atoms with E-state index in [1.807, 2.05) is 0 Å². The Labute approximate surface area is 91.0 Å². The summed E-state index contributed by atoms with van der Waals surface area (Å²) in [5, 5.41) is 2.89. The van der Waals surface area contributed by atoms with E-state index in [4.69, 9.17) is 0 Å². The Bertz CT molecular complexity index is 251. The van der Waals surface area contributed by atoms with E-state index in [0.29, 0.717) is 32.0 Å². The number of hydrogen-bond donors (Lipinski definition) is 1. The molecule has 0 aromatic rings. The number of rotatable bonds is 3. The van der Waals surface area contributed by atoms with Crippen molar-refractivity contribution >= 4 is 11.7 Å². The molecule has 0 aromatic carbocycles. The molecule has 1 atom stereocenters. The molecule has 0 radical (unpaired) electrons. The summed E-state index contributed by atoms with van der Waals surface area (Å²) in [6.07, 6.45) is 0.497. The Kier molecular flexibility index (Phi) is 4.27. The first-order valence-electron chi connectivity index (χ1n) is 5.51. The molecule has 86 valence electrons. The number of Topliss-reactive ketones (excluding diaryl/α,β-unsaturated/α-hetero) is 1. The summed E-state index contributed by atoms with van der Waals surface area (Å²) < 4.78 is 0. The van der Waals surface area contributed by atoms with Crippen molar-refractivity contribution in [2.24, 2.45) is 5.92 Å².